The molecule has 0 unspecified atom stereocenters. The van der Waals surface area contributed by atoms with E-state index >= 15 is 0 Å². The number of non-ortho nitro benzene ring substituents is 1. The molecule has 0 saturated heterocycles. The third-order valence-corrected chi connectivity index (χ3v) is 2.26. The number of ether oxygens (including phenoxy) is 1. The summed E-state index contributed by atoms with van der Waals surface area (Å²) in [5, 5.41) is 11.3. The molecular formula is C10H9NO4. The van der Waals surface area contributed by atoms with Gasteiger partial charge >= 0.3 is 0 Å². The van der Waals surface area contributed by atoms with Crippen LogP contribution < -0.4 is 4.74 Å². The Kier molecular flexibility index (Phi) is 2.07. The van der Waals surface area contributed by atoms with Crippen LogP contribution in [0.4, 0.5) is 5.69 Å². The lowest BCUT2D eigenvalue weighted by molar-refractivity contribution is -0.383. The second-order valence-corrected chi connectivity index (χ2v) is 3.17. The average Bonchev–Trinajstić information content (AvgIpc) is 2.60. The highest BCUT2D eigenvalue weighted by Gasteiger charge is 2.19. The minimum atomic E-state index is -0.426. The fraction of sp³-hybridized carbons (Fsp3) is 0.200. The van der Waals surface area contributed by atoms with Gasteiger partial charge in [-0.1, -0.05) is 0 Å². The lowest BCUT2D eigenvalue weighted by Crippen LogP contribution is -1.91. The van der Waals surface area contributed by atoms with Gasteiger partial charge in [0.05, 0.1) is 18.3 Å². The summed E-state index contributed by atoms with van der Waals surface area (Å²) in [5.74, 6) is 0.503. The van der Waals surface area contributed by atoms with Crippen LogP contribution >= 0.6 is 0 Å². The SMILES string of the molecule is COc1ccc([N+](=O)[O-])c2c(C)coc12. The second kappa shape index (κ2) is 3.27. The van der Waals surface area contributed by atoms with E-state index in [9.17, 15) is 10.1 Å². The Bertz CT molecular complexity index is 529. The molecule has 0 amide bonds. The van der Waals surface area contributed by atoms with Crippen LogP contribution in [0.25, 0.3) is 11.0 Å². The number of aryl methyl sites for hydroxylation is 1. The first-order chi connectivity index (χ1) is 7.15. The summed E-state index contributed by atoms with van der Waals surface area (Å²) < 4.78 is 10.3. The van der Waals surface area contributed by atoms with Crippen molar-refractivity contribution in [1.29, 1.82) is 0 Å². The Morgan fingerprint density at radius 3 is 2.80 bits per heavy atom. The lowest BCUT2D eigenvalue weighted by atomic mass is 10.1. The minimum Gasteiger partial charge on any atom is -0.493 e. The highest BCUT2D eigenvalue weighted by molar-refractivity contribution is 5.94. The minimum absolute atomic E-state index is 0.0389. The van der Waals surface area contributed by atoms with Crippen molar-refractivity contribution < 1.29 is 14.1 Å². The van der Waals surface area contributed by atoms with Gasteiger partial charge in [0.1, 0.15) is 5.39 Å². The number of hydrogen-bond acceptors (Lipinski definition) is 4. The highest BCUT2D eigenvalue weighted by atomic mass is 16.6. The van der Waals surface area contributed by atoms with Crippen molar-refractivity contribution in [3.05, 3.63) is 34.1 Å². The van der Waals surface area contributed by atoms with Crippen molar-refractivity contribution >= 4 is 16.7 Å². The van der Waals surface area contributed by atoms with Gasteiger partial charge in [-0.25, -0.2) is 0 Å². The molecule has 1 aromatic carbocycles. The number of rotatable bonds is 2. The first-order valence-electron chi connectivity index (χ1n) is 4.34. The Hall–Kier alpha value is -2.04. The molecule has 0 aliphatic carbocycles. The molecule has 0 radical (unpaired) electrons. The molecule has 0 aliphatic heterocycles. The third kappa shape index (κ3) is 1.32. The standard InChI is InChI=1S/C10H9NO4/c1-6-5-15-10-8(14-2)4-3-7(9(6)10)11(12)13/h3-5H,1-2H3. The number of benzene rings is 1. The summed E-state index contributed by atoms with van der Waals surface area (Å²) in [4.78, 5) is 10.4. The molecule has 0 aliphatic rings. The maximum absolute atomic E-state index is 10.8. The summed E-state index contributed by atoms with van der Waals surface area (Å²) in [7, 11) is 1.50. The smallest absolute Gasteiger partial charge is 0.281 e. The molecule has 5 heteroatoms. The van der Waals surface area contributed by atoms with Gasteiger partial charge in [0.25, 0.3) is 5.69 Å². The van der Waals surface area contributed by atoms with Crippen LogP contribution in [0.1, 0.15) is 5.56 Å². The van der Waals surface area contributed by atoms with Crippen LogP contribution in [0.15, 0.2) is 22.8 Å². The highest BCUT2D eigenvalue weighted by Crippen LogP contribution is 2.35. The predicted octanol–water partition coefficient (Wildman–Crippen LogP) is 2.66. The van der Waals surface area contributed by atoms with Crippen LogP contribution in [0.3, 0.4) is 0 Å². The number of hydrogen-bond donors (Lipinski definition) is 0. The molecule has 0 bridgehead atoms. The van der Waals surface area contributed by atoms with Crippen molar-refractivity contribution in [1.82, 2.24) is 0 Å². The van der Waals surface area contributed by atoms with Crippen LogP contribution in [-0.2, 0) is 0 Å². The summed E-state index contributed by atoms with van der Waals surface area (Å²) in [6, 6.07) is 2.95. The normalized spacial score (nSPS) is 10.5. The summed E-state index contributed by atoms with van der Waals surface area (Å²) in [6.07, 6.45) is 1.49. The Morgan fingerprint density at radius 2 is 2.20 bits per heavy atom. The van der Waals surface area contributed by atoms with Crippen LogP contribution in [0, 0.1) is 17.0 Å². The number of nitro benzene ring substituents is 1. The third-order valence-electron chi connectivity index (χ3n) is 2.26. The maximum atomic E-state index is 10.8. The quantitative estimate of drug-likeness (QED) is 0.560. The Balaban J connectivity index is 2.86. The molecule has 0 saturated carbocycles. The molecular weight excluding hydrogens is 198 g/mol. The van der Waals surface area contributed by atoms with Gasteiger partial charge in [0, 0.05) is 11.6 Å². The molecule has 0 spiro atoms. The first-order valence-corrected chi connectivity index (χ1v) is 4.34. The fourth-order valence-electron chi connectivity index (χ4n) is 1.57. The average molecular weight is 207 g/mol. The predicted molar refractivity (Wildman–Crippen MR) is 54.2 cm³/mol. The summed E-state index contributed by atoms with van der Waals surface area (Å²) in [5.41, 5.74) is 1.19. The topological polar surface area (TPSA) is 65.5 Å². The van der Waals surface area contributed by atoms with E-state index in [2.05, 4.69) is 0 Å². The number of methoxy groups -OCH3 is 1. The van der Waals surface area contributed by atoms with E-state index in [0.29, 0.717) is 16.7 Å². The van der Waals surface area contributed by atoms with Crippen molar-refractivity contribution in [2.24, 2.45) is 0 Å². The van der Waals surface area contributed by atoms with Gasteiger partial charge < -0.3 is 9.15 Å². The van der Waals surface area contributed by atoms with E-state index in [0.717, 1.165) is 5.56 Å². The fourth-order valence-corrected chi connectivity index (χ4v) is 1.57. The molecule has 5 nitrogen and oxygen atoms in total. The maximum Gasteiger partial charge on any atom is 0.281 e. The zero-order chi connectivity index (χ0) is 11.0. The molecule has 2 aromatic rings. The number of nitro groups is 1. The lowest BCUT2D eigenvalue weighted by Gasteiger charge is -2.00. The van der Waals surface area contributed by atoms with Gasteiger partial charge in [0.15, 0.2) is 11.3 Å². The van der Waals surface area contributed by atoms with Gasteiger partial charge in [-0.15, -0.1) is 0 Å². The molecule has 0 N–H and O–H groups in total. The molecule has 2 rings (SSSR count). The van der Waals surface area contributed by atoms with Crippen molar-refractivity contribution in [3.8, 4) is 5.75 Å². The molecule has 0 atom stereocenters. The van der Waals surface area contributed by atoms with Crippen molar-refractivity contribution in [2.45, 2.75) is 6.92 Å². The molecule has 15 heavy (non-hydrogen) atoms. The van der Waals surface area contributed by atoms with E-state index in [1.165, 1.54) is 25.5 Å². The van der Waals surface area contributed by atoms with Crippen LogP contribution in [0.2, 0.25) is 0 Å². The van der Waals surface area contributed by atoms with Gasteiger partial charge in [-0.3, -0.25) is 10.1 Å². The van der Waals surface area contributed by atoms with E-state index in [1.807, 2.05) is 0 Å². The Morgan fingerprint density at radius 1 is 1.47 bits per heavy atom. The van der Waals surface area contributed by atoms with E-state index in [1.54, 1.807) is 6.92 Å². The number of fused-ring (bicyclic) bond motifs is 1. The zero-order valence-corrected chi connectivity index (χ0v) is 8.31. The van der Waals surface area contributed by atoms with Crippen molar-refractivity contribution in [3.63, 3.8) is 0 Å². The van der Waals surface area contributed by atoms with Crippen molar-refractivity contribution in [2.75, 3.05) is 7.11 Å². The molecule has 1 aromatic heterocycles. The largest absolute Gasteiger partial charge is 0.493 e. The van der Waals surface area contributed by atoms with E-state index in [4.69, 9.17) is 9.15 Å². The number of furan rings is 1. The summed E-state index contributed by atoms with van der Waals surface area (Å²) in [6.45, 7) is 1.76. The second-order valence-electron chi connectivity index (χ2n) is 3.17. The van der Waals surface area contributed by atoms with E-state index < -0.39 is 4.92 Å². The molecule has 0 fully saturated rings. The van der Waals surface area contributed by atoms with Crippen LogP contribution in [-0.4, -0.2) is 12.0 Å². The number of nitrogens with zero attached hydrogens (tertiary/aromatic N) is 1. The molecule has 1 heterocycles. The van der Waals surface area contributed by atoms with Crippen LogP contribution in [0.5, 0.6) is 5.75 Å². The monoisotopic (exact) mass is 207 g/mol. The zero-order valence-electron chi connectivity index (χ0n) is 8.31. The van der Waals surface area contributed by atoms with E-state index in [-0.39, 0.29) is 5.69 Å². The Labute approximate surface area is 85.4 Å². The van der Waals surface area contributed by atoms with Gasteiger partial charge in [-0.2, -0.15) is 0 Å². The first kappa shape index (κ1) is 9.51. The van der Waals surface area contributed by atoms with Gasteiger partial charge in [-0.05, 0) is 13.0 Å². The van der Waals surface area contributed by atoms with Gasteiger partial charge in [0.2, 0.25) is 0 Å². The summed E-state index contributed by atoms with van der Waals surface area (Å²) >= 11 is 0. The molecule has 78 valence electrons.